The maximum absolute atomic E-state index is 12.1. The molecule has 4 nitrogen and oxygen atoms in total. The Balaban J connectivity index is 1.89. The van der Waals surface area contributed by atoms with Crippen LogP contribution in [0.5, 0.6) is 0 Å². The third kappa shape index (κ3) is 2.45. The van der Waals surface area contributed by atoms with E-state index < -0.39 is 0 Å². The van der Waals surface area contributed by atoms with E-state index in [-0.39, 0.29) is 5.91 Å². The van der Waals surface area contributed by atoms with Crippen LogP contribution in [0.3, 0.4) is 0 Å². The molecule has 20 heavy (non-hydrogen) atoms. The smallest absolute Gasteiger partial charge is 0.257 e. The first-order valence-corrected chi connectivity index (χ1v) is 7.05. The summed E-state index contributed by atoms with van der Waals surface area (Å²) in [4.78, 5) is 16.3. The van der Waals surface area contributed by atoms with Crippen molar-refractivity contribution in [2.45, 2.75) is 0 Å². The number of halogens is 1. The number of hydrogen-bond donors (Lipinski definition) is 2. The first-order valence-electron chi connectivity index (χ1n) is 5.85. The monoisotopic (exact) mass is 303 g/mol. The lowest BCUT2D eigenvalue weighted by Gasteiger charge is -2.06. The van der Waals surface area contributed by atoms with Gasteiger partial charge in [0.15, 0.2) is 5.13 Å². The maximum Gasteiger partial charge on any atom is 0.257 e. The van der Waals surface area contributed by atoms with Crippen molar-refractivity contribution in [1.29, 1.82) is 0 Å². The summed E-state index contributed by atoms with van der Waals surface area (Å²) in [5.74, 6) is -0.243. The predicted molar refractivity (Wildman–Crippen MR) is 83.4 cm³/mol. The second kappa shape index (κ2) is 5.11. The number of hydrogen-bond acceptors (Lipinski definition) is 4. The lowest BCUT2D eigenvalue weighted by atomic mass is 10.2. The van der Waals surface area contributed by atoms with Crippen molar-refractivity contribution in [2.75, 3.05) is 11.1 Å². The molecule has 0 aliphatic carbocycles. The van der Waals surface area contributed by atoms with Gasteiger partial charge in [0.2, 0.25) is 0 Å². The first kappa shape index (κ1) is 12.9. The van der Waals surface area contributed by atoms with Crippen LogP contribution in [-0.4, -0.2) is 10.9 Å². The third-order valence-electron chi connectivity index (χ3n) is 2.78. The standard InChI is InChI=1S/C14H10ClN3OS/c15-10-4-2-1-3-9(10)13(19)17-8-5-6-11-12(7-8)20-14(16)18-11/h1-7H,(H2,16,18)(H,17,19). The summed E-state index contributed by atoms with van der Waals surface area (Å²) in [6, 6.07) is 12.4. The highest BCUT2D eigenvalue weighted by Gasteiger charge is 2.10. The van der Waals surface area contributed by atoms with E-state index in [0.29, 0.717) is 21.4 Å². The van der Waals surface area contributed by atoms with Crippen LogP contribution in [-0.2, 0) is 0 Å². The minimum Gasteiger partial charge on any atom is -0.375 e. The molecule has 3 aromatic rings. The number of amides is 1. The van der Waals surface area contributed by atoms with Gasteiger partial charge in [0.1, 0.15) is 0 Å². The van der Waals surface area contributed by atoms with Gasteiger partial charge in [-0.3, -0.25) is 4.79 Å². The van der Waals surface area contributed by atoms with Gasteiger partial charge in [-0.2, -0.15) is 0 Å². The van der Waals surface area contributed by atoms with E-state index in [1.54, 1.807) is 30.3 Å². The first-order chi connectivity index (χ1) is 9.63. The molecule has 6 heteroatoms. The van der Waals surface area contributed by atoms with Crippen molar-refractivity contribution < 1.29 is 4.79 Å². The summed E-state index contributed by atoms with van der Waals surface area (Å²) >= 11 is 7.38. The topological polar surface area (TPSA) is 68.0 Å². The Morgan fingerprint density at radius 2 is 2.05 bits per heavy atom. The SMILES string of the molecule is Nc1nc2ccc(NC(=O)c3ccccc3Cl)cc2s1. The summed E-state index contributed by atoms with van der Waals surface area (Å²) < 4.78 is 0.930. The quantitative estimate of drug-likeness (QED) is 0.757. The number of anilines is 2. The lowest BCUT2D eigenvalue weighted by Crippen LogP contribution is -2.12. The molecule has 1 aromatic heterocycles. The minimum absolute atomic E-state index is 0.243. The zero-order chi connectivity index (χ0) is 14.1. The Bertz CT molecular complexity index is 800. The number of nitrogens with zero attached hydrogens (tertiary/aromatic N) is 1. The van der Waals surface area contributed by atoms with E-state index in [2.05, 4.69) is 10.3 Å². The Kier molecular flexibility index (Phi) is 3.30. The molecule has 0 radical (unpaired) electrons. The molecule has 0 aliphatic rings. The summed E-state index contributed by atoms with van der Waals surface area (Å²) in [5, 5.41) is 3.75. The number of carbonyl (C=O) groups excluding carboxylic acids is 1. The van der Waals surface area contributed by atoms with Crippen molar-refractivity contribution in [3.63, 3.8) is 0 Å². The fourth-order valence-electron chi connectivity index (χ4n) is 1.86. The van der Waals surface area contributed by atoms with Gasteiger partial charge in [-0.05, 0) is 30.3 Å². The van der Waals surface area contributed by atoms with Gasteiger partial charge in [0.05, 0.1) is 20.8 Å². The van der Waals surface area contributed by atoms with E-state index in [4.69, 9.17) is 17.3 Å². The van der Waals surface area contributed by atoms with Crippen LogP contribution in [0.15, 0.2) is 42.5 Å². The maximum atomic E-state index is 12.1. The van der Waals surface area contributed by atoms with Crippen LogP contribution in [0, 0.1) is 0 Å². The average molecular weight is 304 g/mol. The van der Waals surface area contributed by atoms with Crippen LogP contribution >= 0.6 is 22.9 Å². The number of nitrogens with two attached hydrogens (primary N) is 1. The van der Waals surface area contributed by atoms with Crippen molar-refractivity contribution in [3.05, 3.63) is 53.1 Å². The van der Waals surface area contributed by atoms with E-state index in [9.17, 15) is 4.79 Å². The van der Waals surface area contributed by atoms with E-state index in [1.165, 1.54) is 11.3 Å². The number of nitrogens with one attached hydrogen (secondary N) is 1. The molecule has 100 valence electrons. The number of carbonyl (C=O) groups is 1. The number of fused-ring (bicyclic) bond motifs is 1. The van der Waals surface area contributed by atoms with Crippen molar-refractivity contribution in [1.82, 2.24) is 4.98 Å². The van der Waals surface area contributed by atoms with Crippen LogP contribution in [0.1, 0.15) is 10.4 Å². The number of rotatable bonds is 2. The largest absolute Gasteiger partial charge is 0.375 e. The van der Waals surface area contributed by atoms with E-state index in [1.807, 2.05) is 12.1 Å². The molecule has 1 amide bonds. The van der Waals surface area contributed by atoms with Gasteiger partial charge in [0, 0.05) is 5.69 Å². The number of thiazole rings is 1. The zero-order valence-corrected chi connectivity index (χ0v) is 11.8. The van der Waals surface area contributed by atoms with Crippen LogP contribution in [0.2, 0.25) is 5.02 Å². The van der Waals surface area contributed by atoms with E-state index in [0.717, 1.165) is 10.2 Å². The molecule has 0 bridgehead atoms. The van der Waals surface area contributed by atoms with Crippen LogP contribution in [0.4, 0.5) is 10.8 Å². The second-order valence-corrected chi connectivity index (χ2v) is 5.64. The Morgan fingerprint density at radius 3 is 2.85 bits per heavy atom. The summed E-state index contributed by atoms with van der Waals surface area (Å²) in [5.41, 5.74) is 7.61. The van der Waals surface area contributed by atoms with E-state index >= 15 is 0 Å². The van der Waals surface area contributed by atoms with Crippen LogP contribution < -0.4 is 11.1 Å². The molecule has 1 heterocycles. The predicted octanol–water partition coefficient (Wildman–Crippen LogP) is 3.78. The van der Waals surface area contributed by atoms with Crippen LogP contribution in [0.25, 0.3) is 10.2 Å². The number of aromatic nitrogens is 1. The van der Waals surface area contributed by atoms with Crippen molar-refractivity contribution >= 4 is 49.9 Å². The molecule has 0 atom stereocenters. The molecule has 0 unspecified atom stereocenters. The summed E-state index contributed by atoms with van der Waals surface area (Å²) in [6.07, 6.45) is 0. The van der Waals surface area contributed by atoms with Gasteiger partial charge in [-0.25, -0.2) is 4.98 Å². The van der Waals surface area contributed by atoms with Gasteiger partial charge < -0.3 is 11.1 Å². The number of nitrogen functional groups attached to an aromatic ring is 1. The fourth-order valence-corrected chi connectivity index (χ4v) is 2.86. The van der Waals surface area contributed by atoms with Gasteiger partial charge in [0.25, 0.3) is 5.91 Å². The fraction of sp³-hybridized carbons (Fsp3) is 0. The minimum atomic E-state index is -0.243. The van der Waals surface area contributed by atoms with Gasteiger partial charge in [-0.15, -0.1) is 0 Å². The highest BCUT2D eigenvalue weighted by atomic mass is 35.5. The molecule has 0 aliphatic heterocycles. The lowest BCUT2D eigenvalue weighted by molar-refractivity contribution is 0.102. The Labute approximate surface area is 124 Å². The highest BCUT2D eigenvalue weighted by Crippen LogP contribution is 2.27. The molecule has 3 N–H and O–H groups in total. The molecule has 0 spiro atoms. The van der Waals surface area contributed by atoms with Gasteiger partial charge in [-0.1, -0.05) is 35.1 Å². The average Bonchev–Trinajstić information content (AvgIpc) is 2.78. The van der Waals surface area contributed by atoms with Crippen molar-refractivity contribution in [3.8, 4) is 0 Å². The molecule has 0 saturated carbocycles. The zero-order valence-electron chi connectivity index (χ0n) is 10.3. The molecule has 2 aromatic carbocycles. The molecule has 0 saturated heterocycles. The Morgan fingerprint density at radius 1 is 1.25 bits per heavy atom. The highest BCUT2D eigenvalue weighted by molar-refractivity contribution is 7.22. The Hall–Kier alpha value is -2.11. The molecular weight excluding hydrogens is 294 g/mol. The summed E-state index contributed by atoms with van der Waals surface area (Å²) in [7, 11) is 0. The molecular formula is C14H10ClN3OS. The number of benzene rings is 2. The summed E-state index contributed by atoms with van der Waals surface area (Å²) in [6.45, 7) is 0. The second-order valence-electron chi connectivity index (χ2n) is 4.17. The third-order valence-corrected chi connectivity index (χ3v) is 3.96. The molecule has 3 rings (SSSR count). The van der Waals surface area contributed by atoms with Crippen molar-refractivity contribution in [2.24, 2.45) is 0 Å². The van der Waals surface area contributed by atoms with Gasteiger partial charge >= 0.3 is 0 Å². The normalized spacial score (nSPS) is 10.7. The molecule has 0 fully saturated rings.